The van der Waals surface area contributed by atoms with E-state index in [1.165, 1.54) is 12.1 Å². The first-order valence-electron chi connectivity index (χ1n) is 11.3. The van der Waals surface area contributed by atoms with E-state index in [-0.39, 0.29) is 28.6 Å². The molecule has 0 spiro atoms. The fourth-order valence-corrected chi connectivity index (χ4v) is 4.48. The molecule has 38 heavy (non-hydrogen) atoms. The largest absolute Gasteiger partial charge is 0.490 e. The lowest BCUT2D eigenvalue weighted by Crippen LogP contribution is -2.19. The summed E-state index contributed by atoms with van der Waals surface area (Å²) in [5, 5.41) is 21.9. The number of amidine groups is 1. The van der Waals surface area contributed by atoms with Crippen LogP contribution in [0.1, 0.15) is 38.8 Å². The van der Waals surface area contributed by atoms with E-state index >= 15 is 0 Å². The van der Waals surface area contributed by atoms with Gasteiger partial charge in [-0.25, -0.2) is 14.6 Å². The summed E-state index contributed by atoms with van der Waals surface area (Å²) < 4.78 is 11.7. The van der Waals surface area contributed by atoms with Gasteiger partial charge < -0.3 is 25.0 Å². The van der Waals surface area contributed by atoms with Gasteiger partial charge >= 0.3 is 11.9 Å². The van der Waals surface area contributed by atoms with E-state index in [2.05, 4.69) is 10.3 Å². The maximum Gasteiger partial charge on any atom is 0.335 e. The van der Waals surface area contributed by atoms with Gasteiger partial charge in [0.25, 0.3) is 5.91 Å². The molecule has 194 valence electrons. The maximum atomic E-state index is 12.6. The number of carboxylic acids is 2. The third-order valence-electron chi connectivity index (χ3n) is 5.20. The number of hydrogen-bond acceptors (Lipinski definition) is 7. The number of halogens is 1. The third-order valence-corrected chi connectivity index (χ3v) is 6.48. The molecule has 0 saturated carbocycles. The Morgan fingerprint density at radius 3 is 2.37 bits per heavy atom. The van der Waals surface area contributed by atoms with Gasteiger partial charge in [0.2, 0.25) is 0 Å². The average Bonchev–Trinajstić information content (AvgIpc) is 3.22. The second-order valence-electron chi connectivity index (χ2n) is 7.88. The fourth-order valence-electron chi connectivity index (χ4n) is 3.44. The van der Waals surface area contributed by atoms with Crippen LogP contribution in [0, 0.1) is 0 Å². The van der Waals surface area contributed by atoms with Gasteiger partial charge in [0.1, 0.15) is 6.61 Å². The number of carbonyl (C=O) groups excluding carboxylic acids is 1. The highest BCUT2D eigenvalue weighted by Crippen LogP contribution is 2.33. The number of rotatable bonds is 9. The van der Waals surface area contributed by atoms with Crippen molar-refractivity contribution in [1.29, 1.82) is 0 Å². The molecule has 4 rings (SSSR count). The number of carboxylic acid groups (broad SMARTS) is 2. The highest BCUT2D eigenvalue weighted by Gasteiger charge is 2.24. The molecule has 9 nitrogen and oxygen atoms in total. The van der Waals surface area contributed by atoms with E-state index < -0.39 is 17.8 Å². The number of benzene rings is 3. The van der Waals surface area contributed by atoms with Crippen molar-refractivity contribution >= 4 is 58.1 Å². The van der Waals surface area contributed by atoms with Crippen molar-refractivity contribution < 1.29 is 34.1 Å². The zero-order valence-electron chi connectivity index (χ0n) is 19.9. The number of aliphatic imine (C=N–C) groups is 1. The predicted octanol–water partition coefficient (Wildman–Crippen LogP) is 5.61. The van der Waals surface area contributed by atoms with Gasteiger partial charge in [-0.3, -0.25) is 4.79 Å². The predicted molar refractivity (Wildman–Crippen MR) is 145 cm³/mol. The Kier molecular flexibility index (Phi) is 8.35. The molecular formula is C27H21ClN2O7S. The monoisotopic (exact) mass is 552 g/mol. The van der Waals surface area contributed by atoms with Crippen molar-refractivity contribution in [3.63, 3.8) is 0 Å². The summed E-state index contributed by atoms with van der Waals surface area (Å²) in [6.45, 7) is 2.51. The van der Waals surface area contributed by atoms with Crippen LogP contribution in [0.15, 0.2) is 70.6 Å². The molecule has 1 fully saturated rings. The van der Waals surface area contributed by atoms with Gasteiger partial charge in [0.05, 0.1) is 28.3 Å². The molecule has 1 heterocycles. The van der Waals surface area contributed by atoms with Gasteiger partial charge in [-0.1, -0.05) is 35.9 Å². The molecule has 3 N–H and O–H groups in total. The van der Waals surface area contributed by atoms with E-state index in [0.29, 0.717) is 33.6 Å². The first-order valence-corrected chi connectivity index (χ1v) is 12.5. The van der Waals surface area contributed by atoms with Crippen LogP contribution in [-0.4, -0.2) is 39.8 Å². The molecule has 1 saturated heterocycles. The summed E-state index contributed by atoms with van der Waals surface area (Å²) >= 11 is 7.25. The van der Waals surface area contributed by atoms with Crippen LogP contribution in [0.25, 0.3) is 6.08 Å². The van der Waals surface area contributed by atoms with Crippen LogP contribution in [-0.2, 0) is 11.4 Å². The van der Waals surface area contributed by atoms with E-state index in [1.807, 2.05) is 25.1 Å². The molecule has 0 aromatic heterocycles. The number of hydrogen-bond donors (Lipinski definition) is 3. The minimum Gasteiger partial charge on any atom is -0.490 e. The van der Waals surface area contributed by atoms with Gasteiger partial charge in [-0.2, -0.15) is 0 Å². The zero-order valence-corrected chi connectivity index (χ0v) is 21.5. The van der Waals surface area contributed by atoms with Crippen LogP contribution >= 0.6 is 23.4 Å². The van der Waals surface area contributed by atoms with Gasteiger partial charge in [-0.05, 0) is 66.7 Å². The second kappa shape index (κ2) is 11.8. The summed E-state index contributed by atoms with van der Waals surface area (Å²) in [7, 11) is 0. The van der Waals surface area contributed by atoms with E-state index in [4.69, 9.17) is 21.1 Å². The van der Waals surface area contributed by atoms with E-state index in [1.54, 1.807) is 30.3 Å². The van der Waals surface area contributed by atoms with Gasteiger partial charge in [0, 0.05) is 10.6 Å². The maximum absolute atomic E-state index is 12.6. The van der Waals surface area contributed by atoms with Gasteiger partial charge in [-0.15, -0.1) is 0 Å². The lowest BCUT2D eigenvalue weighted by molar-refractivity contribution is -0.115. The molecule has 1 aliphatic rings. The minimum atomic E-state index is -1.29. The zero-order chi connectivity index (χ0) is 27.2. The van der Waals surface area contributed by atoms with Crippen LogP contribution < -0.4 is 14.8 Å². The van der Waals surface area contributed by atoms with E-state index in [9.17, 15) is 24.6 Å². The molecule has 0 radical (unpaired) electrons. The van der Waals surface area contributed by atoms with E-state index in [0.717, 1.165) is 23.4 Å². The number of aromatic carboxylic acids is 2. The minimum absolute atomic E-state index is 0.0880. The summed E-state index contributed by atoms with van der Waals surface area (Å²) in [5.41, 5.74) is 1.14. The SMILES string of the molecule is CCOc1cc(/C=C2\SC(=Nc3cc(C(=O)O)cc(C(=O)O)c3)NC2=O)ccc1OCc1ccccc1Cl. The van der Waals surface area contributed by atoms with Crippen molar-refractivity contribution in [2.45, 2.75) is 13.5 Å². The molecule has 3 aromatic rings. The number of nitrogens with one attached hydrogen (secondary N) is 1. The lowest BCUT2D eigenvalue weighted by atomic mass is 10.1. The normalized spacial score (nSPS) is 14.9. The third kappa shape index (κ3) is 6.53. The first-order chi connectivity index (χ1) is 18.2. The van der Waals surface area contributed by atoms with Crippen molar-refractivity contribution in [1.82, 2.24) is 5.32 Å². The first kappa shape index (κ1) is 26.8. The topological polar surface area (TPSA) is 135 Å². The van der Waals surface area contributed by atoms with Crippen LogP contribution in [0.2, 0.25) is 5.02 Å². The Morgan fingerprint density at radius 1 is 1.00 bits per heavy atom. The second-order valence-corrected chi connectivity index (χ2v) is 9.32. The Hall–Kier alpha value is -4.28. The number of nitrogens with zero attached hydrogens (tertiary/aromatic N) is 1. The Morgan fingerprint density at radius 2 is 1.71 bits per heavy atom. The van der Waals surface area contributed by atoms with Crippen molar-refractivity contribution in [2.24, 2.45) is 4.99 Å². The highest BCUT2D eigenvalue weighted by atomic mass is 35.5. The molecule has 1 aliphatic heterocycles. The quantitative estimate of drug-likeness (QED) is 0.292. The fraction of sp³-hybridized carbons (Fsp3) is 0.111. The van der Waals surface area contributed by atoms with Crippen molar-refractivity contribution in [2.75, 3.05) is 6.61 Å². The van der Waals surface area contributed by atoms with Crippen LogP contribution in [0.5, 0.6) is 11.5 Å². The molecule has 11 heteroatoms. The van der Waals surface area contributed by atoms with Crippen molar-refractivity contribution in [3.05, 3.63) is 92.8 Å². The molecule has 0 bridgehead atoms. The number of carbonyl (C=O) groups is 3. The van der Waals surface area contributed by atoms with Gasteiger partial charge in [0.15, 0.2) is 16.7 Å². The Bertz CT molecular complexity index is 1450. The highest BCUT2D eigenvalue weighted by molar-refractivity contribution is 8.18. The molecule has 3 aromatic carbocycles. The average molecular weight is 553 g/mol. The molecule has 0 atom stereocenters. The number of ether oxygens (including phenoxy) is 2. The number of thioether (sulfide) groups is 1. The molecule has 0 aliphatic carbocycles. The summed E-state index contributed by atoms with van der Waals surface area (Å²) in [6.07, 6.45) is 1.65. The number of amides is 1. The summed E-state index contributed by atoms with van der Waals surface area (Å²) in [6, 6.07) is 16.1. The molecule has 0 unspecified atom stereocenters. The smallest absolute Gasteiger partial charge is 0.335 e. The van der Waals surface area contributed by atoms with Crippen LogP contribution in [0.4, 0.5) is 5.69 Å². The Labute approximate surface area is 226 Å². The van der Waals surface area contributed by atoms with Crippen molar-refractivity contribution in [3.8, 4) is 11.5 Å². The Balaban J connectivity index is 1.55. The molecule has 1 amide bonds. The summed E-state index contributed by atoms with van der Waals surface area (Å²) in [5.74, 6) is -1.96. The standard InChI is InChI=1S/C27H21ClN2O7S/c1-2-36-22-9-15(7-8-21(22)37-14-16-5-3-4-6-20(16)28)10-23-24(31)30-27(38-23)29-19-12-17(25(32)33)11-18(13-19)26(34)35/h3-13H,2,14H2,1H3,(H,32,33)(H,34,35)(H,29,30,31)/b23-10-. The summed E-state index contributed by atoms with van der Waals surface area (Å²) in [4.78, 5) is 39.8. The van der Waals surface area contributed by atoms with Crippen LogP contribution in [0.3, 0.4) is 0 Å². The lowest BCUT2D eigenvalue weighted by Gasteiger charge is -2.13. The molecular weight excluding hydrogens is 532 g/mol.